The molecule has 0 aliphatic heterocycles. The van der Waals surface area contributed by atoms with E-state index in [-0.39, 0.29) is 10.6 Å². The molecule has 0 unspecified atom stereocenters. The minimum absolute atomic E-state index is 0.0479. The van der Waals surface area contributed by atoms with Crippen molar-refractivity contribution in [3.8, 4) is 0 Å². The Bertz CT molecular complexity index is 512. The summed E-state index contributed by atoms with van der Waals surface area (Å²) in [6.45, 7) is 0.860. The normalized spacial score (nSPS) is 11.7. The van der Waals surface area contributed by atoms with Gasteiger partial charge in [-0.3, -0.25) is 10.1 Å². The molecule has 7 nitrogen and oxygen atoms in total. The maximum absolute atomic E-state index is 12.0. The highest BCUT2D eigenvalue weighted by Gasteiger charge is 2.20. The first kappa shape index (κ1) is 14.6. The number of benzene rings is 1. The van der Waals surface area contributed by atoms with Gasteiger partial charge in [-0.25, -0.2) is 8.42 Å². The van der Waals surface area contributed by atoms with Gasteiger partial charge in [0.15, 0.2) is 0 Å². The summed E-state index contributed by atoms with van der Waals surface area (Å²) in [6.07, 6.45) is 0. The van der Waals surface area contributed by atoms with Crippen LogP contribution in [-0.2, 0) is 10.0 Å². The number of hydrogen-bond donors (Lipinski definition) is 1. The second kappa shape index (κ2) is 5.89. The van der Waals surface area contributed by atoms with Crippen LogP contribution in [0.25, 0.3) is 0 Å². The summed E-state index contributed by atoms with van der Waals surface area (Å²) < 4.78 is 25.3. The average molecular weight is 273 g/mol. The fourth-order valence-corrected chi connectivity index (χ4v) is 2.48. The first-order chi connectivity index (χ1) is 8.39. The van der Waals surface area contributed by atoms with Gasteiger partial charge < -0.3 is 5.32 Å². The van der Waals surface area contributed by atoms with Crippen LogP contribution in [0, 0.1) is 10.1 Å². The molecule has 0 aliphatic carbocycles. The fraction of sp³-hybridized carbons (Fsp3) is 0.400. The van der Waals surface area contributed by atoms with Gasteiger partial charge in [0, 0.05) is 32.3 Å². The van der Waals surface area contributed by atoms with Crippen LogP contribution in [-0.4, -0.2) is 44.8 Å². The van der Waals surface area contributed by atoms with Gasteiger partial charge in [0.05, 0.1) is 9.82 Å². The van der Waals surface area contributed by atoms with Crippen LogP contribution in [0.3, 0.4) is 0 Å². The van der Waals surface area contributed by atoms with Crippen molar-refractivity contribution < 1.29 is 13.3 Å². The van der Waals surface area contributed by atoms with Gasteiger partial charge in [-0.2, -0.15) is 4.31 Å². The molecular weight excluding hydrogens is 258 g/mol. The zero-order chi connectivity index (χ0) is 13.8. The van der Waals surface area contributed by atoms with Crippen molar-refractivity contribution in [2.45, 2.75) is 4.90 Å². The number of non-ortho nitro benzene ring substituents is 1. The van der Waals surface area contributed by atoms with E-state index in [0.29, 0.717) is 13.1 Å². The average Bonchev–Trinajstić information content (AvgIpc) is 2.35. The molecule has 0 heterocycles. The molecule has 0 aliphatic rings. The summed E-state index contributed by atoms with van der Waals surface area (Å²) in [4.78, 5) is 9.95. The van der Waals surface area contributed by atoms with Crippen molar-refractivity contribution >= 4 is 15.7 Å². The topological polar surface area (TPSA) is 92.6 Å². The maximum atomic E-state index is 12.0. The number of nitrogens with one attached hydrogen (secondary N) is 1. The lowest BCUT2D eigenvalue weighted by atomic mass is 10.3. The molecule has 0 saturated carbocycles. The van der Waals surface area contributed by atoms with E-state index in [1.807, 2.05) is 0 Å². The molecule has 0 fully saturated rings. The highest BCUT2D eigenvalue weighted by Crippen LogP contribution is 2.18. The maximum Gasteiger partial charge on any atom is 0.269 e. The molecule has 1 N–H and O–H groups in total. The Balaban J connectivity index is 2.94. The number of nitro benzene ring substituents is 1. The lowest BCUT2D eigenvalue weighted by Gasteiger charge is -2.16. The third-order valence-corrected chi connectivity index (χ3v) is 4.30. The summed E-state index contributed by atoms with van der Waals surface area (Å²) in [5.41, 5.74) is -0.133. The van der Waals surface area contributed by atoms with Crippen LogP contribution < -0.4 is 5.32 Å². The Hall–Kier alpha value is -1.51. The van der Waals surface area contributed by atoms with Gasteiger partial charge in [0.25, 0.3) is 5.69 Å². The molecular formula is C10H15N3O4S. The standard InChI is InChI=1S/C10H15N3O4S/c1-11-7-8-12(2)18(16,17)10-5-3-9(4-6-10)13(14)15/h3-6,11H,7-8H2,1-2H3. The second-order valence-electron chi connectivity index (χ2n) is 3.68. The van der Waals surface area contributed by atoms with Crippen molar-refractivity contribution in [1.82, 2.24) is 9.62 Å². The molecule has 0 aromatic heterocycles. The van der Waals surface area contributed by atoms with E-state index in [0.717, 1.165) is 0 Å². The second-order valence-corrected chi connectivity index (χ2v) is 5.73. The summed E-state index contributed by atoms with van der Waals surface area (Å²) in [6, 6.07) is 4.84. The monoisotopic (exact) mass is 273 g/mol. The Morgan fingerprint density at radius 1 is 1.33 bits per heavy atom. The molecule has 0 bridgehead atoms. The molecule has 1 aromatic rings. The van der Waals surface area contributed by atoms with Crippen molar-refractivity contribution in [1.29, 1.82) is 0 Å². The van der Waals surface area contributed by atoms with Crippen LogP contribution in [0.15, 0.2) is 29.2 Å². The zero-order valence-electron chi connectivity index (χ0n) is 10.2. The lowest BCUT2D eigenvalue weighted by molar-refractivity contribution is -0.384. The molecule has 0 spiro atoms. The molecule has 1 rings (SSSR count). The van der Waals surface area contributed by atoms with E-state index in [4.69, 9.17) is 0 Å². The minimum Gasteiger partial charge on any atom is -0.318 e. The predicted molar refractivity (Wildman–Crippen MR) is 66.8 cm³/mol. The SMILES string of the molecule is CNCCN(C)S(=O)(=O)c1ccc([N+](=O)[O-])cc1. The molecule has 8 heteroatoms. The number of rotatable bonds is 6. The van der Waals surface area contributed by atoms with Crippen LogP contribution in [0.2, 0.25) is 0 Å². The largest absolute Gasteiger partial charge is 0.318 e. The fourth-order valence-electron chi connectivity index (χ4n) is 1.31. The minimum atomic E-state index is -3.58. The quantitative estimate of drug-likeness (QED) is 0.599. The van der Waals surface area contributed by atoms with Crippen LogP contribution >= 0.6 is 0 Å². The Morgan fingerprint density at radius 2 is 1.89 bits per heavy atom. The lowest BCUT2D eigenvalue weighted by Crippen LogP contribution is -2.32. The highest BCUT2D eigenvalue weighted by atomic mass is 32.2. The molecule has 0 saturated heterocycles. The summed E-state index contributed by atoms with van der Waals surface area (Å²) in [5, 5.41) is 13.3. The molecule has 1 aromatic carbocycles. The van der Waals surface area contributed by atoms with Gasteiger partial charge in [-0.05, 0) is 19.2 Å². The van der Waals surface area contributed by atoms with Crippen molar-refractivity contribution in [3.05, 3.63) is 34.4 Å². The summed E-state index contributed by atoms with van der Waals surface area (Å²) in [5.74, 6) is 0. The van der Waals surface area contributed by atoms with Crippen LogP contribution in [0.4, 0.5) is 5.69 Å². The molecule has 18 heavy (non-hydrogen) atoms. The van der Waals surface area contributed by atoms with Gasteiger partial charge in [-0.15, -0.1) is 0 Å². The van der Waals surface area contributed by atoms with Crippen molar-refractivity contribution in [2.75, 3.05) is 27.2 Å². The molecule has 0 atom stereocenters. The summed E-state index contributed by atoms with van der Waals surface area (Å²) in [7, 11) is -0.388. The number of nitro groups is 1. The van der Waals surface area contributed by atoms with E-state index in [1.54, 1.807) is 7.05 Å². The predicted octanol–water partition coefficient (Wildman–Crippen LogP) is 0.435. The van der Waals surface area contributed by atoms with E-state index in [2.05, 4.69) is 5.32 Å². The third kappa shape index (κ3) is 3.25. The van der Waals surface area contributed by atoms with Crippen molar-refractivity contribution in [3.63, 3.8) is 0 Å². The van der Waals surface area contributed by atoms with Crippen LogP contribution in [0.5, 0.6) is 0 Å². The molecule has 0 amide bonds. The smallest absolute Gasteiger partial charge is 0.269 e. The Morgan fingerprint density at radius 3 is 2.33 bits per heavy atom. The van der Waals surface area contributed by atoms with Gasteiger partial charge in [-0.1, -0.05) is 0 Å². The van der Waals surface area contributed by atoms with Crippen molar-refractivity contribution in [2.24, 2.45) is 0 Å². The number of hydrogen-bond acceptors (Lipinski definition) is 5. The van der Waals surface area contributed by atoms with E-state index < -0.39 is 14.9 Å². The molecule has 100 valence electrons. The number of nitrogens with zero attached hydrogens (tertiary/aromatic N) is 2. The van der Waals surface area contributed by atoms with Gasteiger partial charge in [0.2, 0.25) is 10.0 Å². The van der Waals surface area contributed by atoms with E-state index in [9.17, 15) is 18.5 Å². The van der Waals surface area contributed by atoms with Gasteiger partial charge >= 0.3 is 0 Å². The number of likely N-dealkylation sites (N-methyl/N-ethyl adjacent to an activating group) is 2. The van der Waals surface area contributed by atoms with E-state index >= 15 is 0 Å². The highest BCUT2D eigenvalue weighted by molar-refractivity contribution is 7.89. The Kier molecular flexibility index (Phi) is 4.76. The Labute approximate surface area is 106 Å². The first-order valence-corrected chi connectivity index (χ1v) is 6.69. The van der Waals surface area contributed by atoms with E-state index in [1.165, 1.54) is 35.6 Å². The summed E-state index contributed by atoms with van der Waals surface area (Å²) >= 11 is 0. The first-order valence-electron chi connectivity index (χ1n) is 5.25. The van der Waals surface area contributed by atoms with Crippen LogP contribution in [0.1, 0.15) is 0 Å². The third-order valence-electron chi connectivity index (χ3n) is 2.43. The van der Waals surface area contributed by atoms with Gasteiger partial charge in [0.1, 0.15) is 0 Å². The zero-order valence-corrected chi connectivity index (χ0v) is 11.0. The molecule has 0 radical (unpaired) electrons. The number of sulfonamides is 1.